The molecule has 28 heavy (non-hydrogen) atoms. The number of amides is 1. The number of hydrogen-bond donors (Lipinski definition) is 1. The Balaban J connectivity index is 2.02. The van der Waals surface area contributed by atoms with Crippen LogP contribution >= 0.6 is 23.5 Å². The van der Waals surface area contributed by atoms with Gasteiger partial charge in [0.15, 0.2) is 14.0 Å². The Labute approximate surface area is 177 Å². The molecule has 1 saturated heterocycles. The number of aliphatic hydroxyl groups excluding tert-OH is 1. The van der Waals surface area contributed by atoms with E-state index in [0.717, 1.165) is 4.24 Å². The highest BCUT2D eigenvalue weighted by Crippen LogP contribution is 2.54. The van der Waals surface area contributed by atoms with Crippen molar-refractivity contribution < 1.29 is 23.9 Å². The second kappa shape index (κ2) is 9.38. The van der Waals surface area contributed by atoms with Crippen molar-refractivity contribution in [3.63, 3.8) is 0 Å². The minimum atomic E-state index is -1.85. The average Bonchev–Trinajstić information content (AvgIpc) is 2.95. The molecule has 0 bridgehead atoms. The summed E-state index contributed by atoms with van der Waals surface area (Å²) in [7, 11) is -1.85. The van der Waals surface area contributed by atoms with E-state index in [9.17, 15) is 9.59 Å². The highest BCUT2D eigenvalue weighted by Gasteiger charge is 2.56. The Morgan fingerprint density at radius 2 is 2.11 bits per heavy atom. The quantitative estimate of drug-likeness (QED) is 0.238. The van der Waals surface area contributed by atoms with Crippen LogP contribution in [0.25, 0.3) is 0 Å². The third-order valence-electron chi connectivity index (χ3n) is 5.36. The summed E-state index contributed by atoms with van der Waals surface area (Å²) >= 11 is 2.90. The normalized spacial score (nSPS) is 22.2. The fraction of sp³-hybridized carbons (Fsp3) is 0.684. The topological polar surface area (TPSA) is 76.1 Å². The van der Waals surface area contributed by atoms with E-state index in [4.69, 9.17) is 14.3 Å². The van der Waals surface area contributed by atoms with Crippen molar-refractivity contribution in [2.45, 2.75) is 50.7 Å². The van der Waals surface area contributed by atoms with Crippen molar-refractivity contribution in [1.82, 2.24) is 4.90 Å². The number of carbonyl (C=O) groups is 2. The number of carbonyl (C=O) groups excluding carboxylic acids is 2. The first-order valence-corrected chi connectivity index (χ1v) is 14.2. The number of aliphatic hydroxyl groups is 1. The number of hydrogen-bond acceptors (Lipinski definition) is 7. The number of rotatable bonds is 10. The molecule has 0 aromatic rings. The lowest BCUT2D eigenvalue weighted by molar-refractivity contribution is -0.153. The smallest absolute Gasteiger partial charge is 0.357 e. The number of esters is 1. The Bertz CT molecular complexity index is 659. The Morgan fingerprint density at radius 3 is 2.68 bits per heavy atom. The van der Waals surface area contributed by atoms with Gasteiger partial charge in [0.1, 0.15) is 6.61 Å². The zero-order valence-electron chi connectivity index (χ0n) is 17.3. The van der Waals surface area contributed by atoms with Gasteiger partial charge in [-0.15, -0.1) is 11.8 Å². The maximum absolute atomic E-state index is 12.8. The van der Waals surface area contributed by atoms with Crippen molar-refractivity contribution in [3.05, 3.63) is 22.6 Å². The summed E-state index contributed by atoms with van der Waals surface area (Å²) < 4.78 is 12.1. The van der Waals surface area contributed by atoms with E-state index < -0.39 is 14.3 Å². The summed E-state index contributed by atoms with van der Waals surface area (Å²) in [6.07, 6.45) is 2.14. The van der Waals surface area contributed by atoms with Crippen molar-refractivity contribution in [3.8, 4) is 0 Å². The third-order valence-corrected chi connectivity index (χ3v) is 12.6. The minimum Gasteiger partial charge on any atom is -0.457 e. The van der Waals surface area contributed by atoms with Gasteiger partial charge in [-0.2, -0.15) is 0 Å². The largest absolute Gasteiger partial charge is 0.457 e. The SMILES string of the molecule is C=CCOC(=O)C1=C(SCCO)S[C@@H]2[C@@H](CCO[Si](C)(C)C(C)(C)C)C(=O)N12. The van der Waals surface area contributed by atoms with Gasteiger partial charge in [0.2, 0.25) is 5.91 Å². The Hall–Kier alpha value is -0.743. The Kier molecular flexibility index (Phi) is 7.88. The molecule has 1 fully saturated rings. The number of fused-ring (bicyclic) bond motifs is 1. The van der Waals surface area contributed by atoms with E-state index in [1.165, 1.54) is 29.6 Å². The molecule has 0 unspecified atom stereocenters. The van der Waals surface area contributed by atoms with Gasteiger partial charge in [-0.3, -0.25) is 9.69 Å². The van der Waals surface area contributed by atoms with Crippen LogP contribution in [-0.2, 0) is 18.8 Å². The molecule has 2 rings (SSSR count). The number of nitrogens with zero attached hydrogens (tertiary/aromatic N) is 1. The first-order chi connectivity index (χ1) is 13.0. The van der Waals surface area contributed by atoms with Crippen LogP contribution in [0.4, 0.5) is 0 Å². The maximum atomic E-state index is 12.8. The van der Waals surface area contributed by atoms with Crippen molar-refractivity contribution >= 4 is 43.7 Å². The van der Waals surface area contributed by atoms with Gasteiger partial charge in [0.25, 0.3) is 0 Å². The van der Waals surface area contributed by atoms with Crippen LogP contribution < -0.4 is 0 Å². The molecule has 1 N–H and O–H groups in total. The lowest BCUT2D eigenvalue weighted by atomic mass is 9.94. The van der Waals surface area contributed by atoms with Gasteiger partial charge in [-0.1, -0.05) is 45.2 Å². The predicted molar refractivity (Wildman–Crippen MR) is 117 cm³/mol. The molecule has 2 atom stereocenters. The monoisotopic (exact) mass is 445 g/mol. The second-order valence-corrected chi connectivity index (χ2v) is 15.6. The Morgan fingerprint density at radius 1 is 1.43 bits per heavy atom. The molecule has 158 valence electrons. The highest BCUT2D eigenvalue weighted by molar-refractivity contribution is 8.22. The number of thioether (sulfide) groups is 2. The lowest BCUT2D eigenvalue weighted by Gasteiger charge is -2.43. The predicted octanol–water partition coefficient (Wildman–Crippen LogP) is 3.55. The first-order valence-electron chi connectivity index (χ1n) is 9.44. The first kappa shape index (κ1) is 23.5. The fourth-order valence-electron chi connectivity index (χ4n) is 2.71. The maximum Gasteiger partial charge on any atom is 0.357 e. The summed E-state index contributed by atoms with van der Waals surface area (Å²) in [5.74, 6) is -0.264. The molecule has 0 aromatic heterocycles. The van der Waals surface area contributed by atoms with Crippen molar-refractivity contribution in [2.24, 2.45) is 5.92 Å². The van der Waals surface area contributed by atoms with Crippen LogP contribution in [0.15, 0.2) is 22.6 Å². The van der Waals surface area contributed by atoms with E-state index in [2.05, 4.69) is 40.4 Å². The fourth-order valence-corrected chi connectivity index (χ4v) is 6.43. The highest BCUT2D eigenvalue weighted by atomic mass is 32.2. The number of ether oxygens (including phenoxy) is 1. The summed E-state index contributed by atoms with van der Waals surface area (Å²) in [5, 5.41) is 9.16. The second-order valence-electron chi connectivity index (χ2n) is 8.32. The van der Waals surface area contributed by atoms with Crippen molar-refractivity contribution in [1.29, 1.82) is 0 Å². The standard InChI is InChI=1S/C19H31NO5S2Si/c1-7-10-24-17(23)14-18(26-12-9-21)27-16-13(15(22)20(14)16)8-11-25-28(5,6)19(2,3)4/h7,13,16,21H,1,8-12H2,2-6H3/t13-,16+/m0/s1. The molecule has 0 aliphatic carbocycles. The van der Waals surface area contributed by atoms with Gasteiger partial charge in [-0.05, 0) is 24.6 Å². The van der Waals surface area contributed by atoms with E-state index >= 15 is 0 Å². The van der Waals surface area contributed by atoms with E-state index in [0.29, 0.717) is 24.5 Å². The molecule has 6 nitrogen and oxygen atoms in total. The molecule has 2 aliphatic rings. The molecule has 2 heterocycles. The van der Waals surface area contributed by atoms with Crippen LogP contribution in [0.3, 0.4) is 0 Å². The van der Waals surface area contributed by atoms with Gasteiger partial charge in [0.05, 0.1) is 22.1 Å². The lowest BCUT2D eigenvalue weighted by Crippen LogP contribution is -2.57. The summed E-state index contributed by atoms with van der Waals surface area (Å²) in [4.78, 5) is 26.7. The van der Waals surface area contributed by atoms with Crippen LogP contribution in [0.2, 0.25) is 18.1 Å². The summed E-state index contributed by atoms with van der Waals surface area (Å²) in [6, 6.07) is 0. The molecule has 2 aliphatic heterocycles. The van der Waals surface area contributed by atoms with Crippen molar-refractivity contribution in [2.75, 3.05) is 25.6 Å². The van der Waals surface area contributed by atoms with Gasteiger partial charge in [-0.25, -0.2) is 4.79 Å². The van der Waals surface area contributed by atoms with E-state index in [1.54, 1.807) is 4.90 Å². The molecule has 9 heteroatoms. The summed E-state index contributed by atoms with van der Waals surface area (Å²) in [5.41, 5.74) is 0.307. The molecule has 0 aromatic carbocycles. The zero-order chi connectivity index (χ0) is 21.1. The average molecular weight is 446 g/mol. The summed E-state index contributed by atoms with van der Waals surface area (Å²) in [6.45, 7) is 15.2. The van der Waals surface area contributed by atoms with Gasteiger partial charge in [0, 0.05) is 12.4 Å². The molecular weight excluding hydrogens is 414 g/mol. The zero-order valence-corrected chi connectivity index (χ0v) is 20.0. The molecule has 0 spiro atoms. The van der Waals surface area contributed by atoms with Crippen LogP contribution in [0.5, 0.6) is 0 Å². The third kappa shape index (κ3) is 4.87. The van der Waals surface area contributed by atoms with E-state index in [1.807, 2.05) is 0 Å². The van der Waals surface area contributed by atoms with Gasteiger partial charge >= 0.3 is 5.97 Å². The molecule has 0 saturated carbocycles. The molecule has 1 amide bonds. The van der Waals surface area contributed by atoms with Crippen LogP contribution in [0.1, 0.15) is 27.2 Å². The molecular formula is C19H31NO5S2Si. The number of β-lactam (4-membered cyclic amide) rings is 1. The molecule has 0 radical (unpaired) electrons. The minimum absolute atomic E-state index is 0.00606. The van der Waals surface area contributed by atoms with E-state index in [-0.39, 0.29) is 35.5 Å². The van der Waals surface area contributed by atoms with Crippen LogP contribution in [-0.4, -0.2) is 61.1 Å². The van der Waals surface area contributed by atoms with Gasteiger partial charge < -0.3 is 14.3 Å². The van der Waals surface area contributed by atoms with Crippen LogP contribution in [0, 0.1) is 5.92 Å².